The van der Waals surface area contributed by atoms with E-state index in [-0.39, 0.29) is 6.61 Å². The molecule has 2 rings (SSSR count). The Bertz CT molecular complexity index is 696. The summed E-state index contributed by atoms with van der Waals surface area (Å²) in [5.74, 6) is 1.68. The average Bonchev–Trinajstić information content (AvgIpc) is 2.99. The third kappa shape index (κ3) is 5.66. The summed E-state index contributed by atoms with van der Waals surface area (Å²) in [4.78, 5) is 8.14. The van der Waals surface area contributed by atoms with Crippen molar-refractivity contribution in [1.29, 1.82) is 0 Å². The van der Waals surface area contributed by atoms with Gasteiger partial charge in [0.15, 0.2) is 5.96 Å². The molecule has 0 aliphatic heterocycles. The van der Waals surface area contributed by atoms with Crippen molar-refractivity contribution in [2.24, 2.45) is 12.0 Å². The van der Waals surface area contributed by atoms with Crippen molar-refractivity contribution in [2.45, 2.75) is 12.7 Å². The molecule has 0 spiro atoms. The molecule has 1 heterocycles. The van der Waals surface area contributed by atoms with Crippen molar-refractivity contribution in [3.05, 3.63) is 42.0 Å². The van der Waals surface area contributed by atoms with Crippen LogP contribution in [0.3, 0.4) is 0 Å². The molecule has 0 aliphatic carbocycles. The number of aromatic nitrogens is 3. The van der Waals surface area contributed by atoms with Crippen LogP contribution in [0.1, 0.15) is 11.4 Å². The molecule has 0 bridgehead atoms. The second-order valence-corrected chi connectivity index (χ2v) is 5.02. The highest BCUT2D eigenvalue weighted by Crippen LogP contribution is 2.30. The molecular formula is C15H19F3N6O. The number of aryl methyl sites for hydroxylation is 1. The zero-order chi connectivity index (χ0) is 18.3. The molecule has 0 saturated heterocycles. The lowest BCUT2D eigenvalue weighted by atomic mass is 10.2. The fourth-order valence-electron chi connectivity index (χ4n) is 1.94. The minimum atomic E-state index is -4.35. The topological polar surface area (TPSA) is 76.4 Å². The molecular weight excluding hydrogens is 337 g/mol. The summed E-state index contributed by atoms with van der Waals surface area (Å²) in [5, 5.41) is 10.1. The van der Waals surface area contributed by atoms with Crippen LogP contribution in [0, 0.1) is 0 Å². The first-order valence-electron chi connectivity index (χ1n) is 7.47. The summed E-state index contributed by atoms with van der Waals surface area (Å²) < 4.78 is 44.5. The lowest BCUT2D eigenvalue weighted by Gasteiger charge is -2.12. The molecule has 2 N–H and O–H groups in total. The smallest absolute Gasteiger partial charge is 0.416 e. The predicted octanol–water partition coefficient (Wildman–Crippen LogP) is 1.58. The maximum absolute atomic E-state index is 12.5. The van der Waals surface area contributed by atoms with Gasteiger partial charge in [-0.15, -0.1) is 0 Å². The Labute approximate surface area is 142 Å². The van der Waals surface area contributed by atoms with Crippen LogP contribution < -0.4 is 15.4 Å². The van der Waals surface area contributed by atoms with Gasteiger partial charge in [0.2, 0.25) is 0 Å². The first-order chi connectivity index (χ1) is 11.9. The standard InChI is InChI=1S/C15H19F3N6O/c1-19-14(21-9-13-22-10-23-24(13)2)20-7-8-25-12-5-3-11(4-6-12)15(16,17)18/h3-6,10H,7-9H2,1-2H3,(H2,19,20,21). The van der Waals surface area contributed by atoms with Gasteiger partial charge in [0.1, 0.15) is 24.5 Å². The Hall–Kier alpha value is -2.78. The normalized spacial score (nSPS) is 12.1. The number of hydrogen-bond donors (Lipinski definition) is 2. The van der Waals surface area contributed by atoms with Crippen LogP contribution in [0.5, 0.6) is 5.75 Å². The maximum atomic E-state index is 12.5. The molecule has 2 aromatic rings. The molecule has 0 amide bonds. The lowest BCUT2D eigenvalue weighted by Crippen LogP contribution is -2.39. The van der Waals surface area contributed by atoms with E-state index >= 15 is 0 Å². The zero-order valence-corrected chi connectivity index (χ0v) is 13.8. The Morgan fingerprint density at radius 3 is 2.52 bits per heavy atom. The molecule has 136 valence electrons. The van der Waals surface area contributed by atoms with Crippen molar-refractivity contribution in [3.8, 4) is 5.75 Å². The largest absolute Gasteiger partial charge is 0.492 e. The SMILES string of the molecule is CN=C(NCCOc1ccc(C(F)(F)F)cc1)NCc1ncnn1C. The van der Waals surface area contributed by atoms with E-state index in [4.69, 9.17) is 4.74 Å². The highest BCUT2D eigenvalue weighted by atomic mass is 19.4. The van der Waals surface area contributed by atoms with E-state index in [0.29, 0.717) is 24.8 Å². The van der Waals surface area contributed by atoms with Gasteiger partial charge in [-0.3, -0.25) is 9.67 Å². The minimum absolute atomic E-state index is 0.274. The van der Waals surface area contributed by atoms with Gasteiger partial charge in [0, 0.05) is 14.1 Å². The van der Waals surface area contributed by atoms with E-state index in [9.17, 15) is 13.2 Å². The van der Waals surface area contributed by atoms with Crippen molar-refractivity contribution < 1.29 is 17.9 Å². The van der Waals surface area contributed by atoms with Crippen molar-refractivity contribution in [2.75, 3.05) is 20.2 Å². The summed E-state index contributed by atoms with van der Waals surface area (Å²) in [6, 6.07) is 4.57. The quantitative estimate of drug-likeness (QED) is 0.467. The van der Waals surface area contributed by atoms with Crippen LogP contribution in [0.15, 0.2) is 35.6 Å². The second-order valence-electron chi connectivity index (χ2n) is 5.02. The fraction of sp³-hybridized carbons (Fsp3) is 0.400. The Balaban J connectivity index is 1.71. The predicted molar refractivity (Wildman–Crippen MR) is 86.1 cm³/mol. The summed E-state index contributed by atoms with van der Waals surface area (Å²) in [5.41, 5.74) is -0.702. The van der Waals surface area contributed by atoms with E-state index in [2.05, 4.69) is 25.7 Å². The van der Waals surface area contributed by atoms with E-state index in [0.717, 1.165) is 18.0 Å². The number of ether oxygens (including phenoxy) is 1. The van der Waals surface area contributed by atoms with Crippen LogP contribution >= 0.6 is 0 Å². The van der Waals surface area contributed by atoms with E-state index in [1.54, 1.807) is 18.8 Å². The third-order valence-electron chi connectivity index (χ3n) is 3.29. The zero-order valence-electron chi connectivity index (χ0n) is 13.8. The van der Waals surface area contributed by atoms with Gasteiger partial charge in [-0.25, -0.2) is 4.98 Å². The maximum Gasteiger partial charge on any atom is 0.416 e. The molecule has 0 aliphatic rings. The van der Waals surface area contributed by atoms with Gasteiger partial charge in [-0.1, -0.05) is 0 Å². The number of rotatable bonds is 6. The average molecular weight is 356 g/mol. The van der Waals surface area contributed by atoms with E-state index < -0.39 is 11.7 Å². The van der Waals surface area contributed by atoms with Gasteiger partial charge in [-0.2, -0.15) is 18.3 Å². The molecule has 0 saturated carbocycles. The van der Waals surface area contributed by atoms with Crippen molar-refractivity contribution in [3.63, 3.8) is 0 Å². The van der Waals surface area contributed by atoms with Crippen LogP contribution in [0.25, 0.3) is 0 Å². The second kappa shape index (κ2) is 8.36. The number of aliphatic imine (C=N–C) groups is 1. The van der Waals surface area contributed by atoms with E-state index in [1.165, 1.54) is 18.5 Å². The Morgan fingerprint density at radius 2 is 1.96 bits per heavy atom. The van der Waals surface area contributed by atoms with Crippen LogP contribution in [-0.4, -0.2) is 40.9 Å². The summed E-state index contributed by atoms with van der Waals surface area (Å²) >= 11 is 0. The molecule has 0 fully saturated rings. The number of benzene rings is 1. The summed E-state index contributed by atoms with van der Waals surface area (Å²) in [7, 11) is 3.42. The molecule has 0 atom stereocenters. The van der Waals surface area contributed by atoms with Gasteiger partial charge in [-0.05, 0) is 24.3 Å². The molecule has 1 aromatic carbocycles. The van der Waals surface area contributed by atoms with Crippen molar-refractivity contribution in [1.82, 2.24) is 25.4 Å². The van der Waals surface area contributed by atoms with Crippen LogP contribution in [0.2, 0.25) is 0 Å². The first kappa shape index (κ1) is 18.6. The molecule has 0 unspecified atom stereocenters. The highest BCUT2D eigenvalue weighted by Gasteiger charge is 2.29. The van der Waals surface area contributed by atoms with Gasteiger partial charge in [0.05, 0.1) is 18.7 Å². The molecule has 25 heavy (non-hydrogen) atoms. The first-order valence-corrected chi connectivity index (χ1v) is 7.47. The van der Waals surface area contributed by atoms with Crippen LogP contribution in [0.4, 0.5) is 13.2 Å². The summed E-state index contributed by atoms with van der Waals surface area (Å²) in [6.45, 7) is 1.16. The minimum Gasteiger partial charge on any atom is -0.492 e. The number of alkyl halides is 3. The highest BCUT2D eigenvalue weighted by molar-refractivity contribution is 5.79. The number of nitrogens with one attached hydrogen (secondary N) is 2. The number of hydrogen-bond acceptors (Lipinski definition) is 4. The van der Waals surface area contributed by atoms with Crippen molar-refractivity contribution >= 4 is 5.96 Å². The summed E-state index contributed by atoms with van der Waals surface area (Å²) in [6.07, 6.45) is -2.88. The lowest BCUT2D eigenvalue weighted by molar-refractivity contribution is -0.137. The molecule has 7 nitrogen and oxygen atoms in total. The third-order valence-corrected chi connectivity index (χ3v) is 3.29. The van der Waals surface area contributed by atoms with Crippen LogP contribution in [-0.2, 0) is 19.8 Å². The van der Waals surface area contributed by atoms with E-state index in [1.807, 2.05) is 0 Å². The molecule has 0 radical (unpaired) electrons. The number of halogens is 3. The molecule has 10 heteroatoms. The van der Waals surface area contributed by atoms with Gasteiger partial charge >= 0.3 is 6.18 Å². The number of guanidine groups is 1. The fourth-order valence-corrected chi connectivity index (χ4v) is 1.94. The van der Waals surface area contributed by atoms with Gasteiger partial charge in [0.25, 0.3) is 0 Å². The Morgan fingerprint density at radius 1 is 1.24 bits per heavy atom. The number of nitrogens with zero attached hydrogens (tertiary/aromatic N) is 4. The van der Waals surface area contributed by atoms with Gasteiger partial charge < -0.3 is 15.4 Å². The Kier molecular flexibility index (Phi) is 6.20. The monoisotopic (exact) mass is 356 g/mol. The molecule has 1 aromatic heterocycles.